The van der Waals surface area contributed by atoms with Gasteiger partial charge in [0.25, 0.3) is 0 Å². The van der Waals surface area contributed by atoms with Crippen molar-refractivity contribution in [2.75, 3.05) is 0 Å². The van der Waals surface area contributed by atoms with Crippen LogP contribution in [0.5, 0.6) is 0 Å². The second-order valence-electron chi connectivity index (χ2n) is 6.02. The highest BCUT2D eigenvalue weighted by Crippen LogP contribution is 2.66. The second-order valence-corrected chi connectivity index (χ2v) is 6.02. The molecule has 70 valence electrons. The van der Waals surface area contributed by atoms with E-state index in [1.165, 1.54) is 6.42 Å². The molecular formula is C13H18. The molecule has 0 amide bonds. The third kappa shape index (κ3) is 0.705. The maximum absolute atomic E-state index is 2.58. The van der Waals surface area contributed by atoms with E-state index >= 15 is 0 Å². The van der Waals surface area contributed by atoms with Crippen LogP contribution in [0.1, 0.15) is 38.5 Å². The molecule has 0 saturated heterocycles. The molecule has 0 aromatic rings. The predicted molar refractivity (Wildman–Crippen MR) is 53.2 cm³/mol. The molecule has 0 unspecified atom stereocenters. The highest BCUT2D eigenvalue weighted by Gasteiger charge is 2.56. The number of hydrogen-bond acceptors (Lipinski definition) is 0. The zero-order valence-corrected chi connectivity index (χ0v) is 8.21. The van der Waals surface area contributed by atoms with Gasteiger partial charge in [0, 0.05) is 0 Å². The van der Waals surface area contributed by atoms with Gasteiger partial charge in [-0.2, -0.15) is 0 Å². The van der Waals surface area contributed by atoms with E-state index < -0.39 is 0 Å². The van der Waals surface area contributed by atoms with E-state index in [-0.39, 0.29) is 0 Å². The molecular weight excluding hydrogens is 156 g/mol. The van der Waals surface area contributed by atoms with Crippen LogP contribution in [-0.4, -0.2) is 0 Å². The molecule has 1 spiro atoms. The van der Waals surface area contributed by atoms with Crippen molar-refractivity contribution in [1.29, 1.82) is 0 Å². The molecule has 5 aliphatic carbocycles. The lowest BCUT2D eigenvalue weighted by Crippen LogP contribution is -2.53. The Hall–Kier alpha value is -0.260. The second kappa shape index (κ2) is 2.04. The summed E-state index contributed by atoms with van der Waals surface area (Å²) in [5.41, 5.74) is 0.743. The van der Waals surface area contributed by atoms with Gasteiger partial charge in [0.05, 0.1) is 0 Å². The van der Waals surface area contributed by atoms with Crippen molar-refractivity contribution in [2.24, 2.45) is 29.1 Å². The lowest BCUT2D eigenvalue weighted by atomic mass is 9.42. The lowest BCUT2D eigenvalue weighted by Gasteiger charge is -2.62. The summed E-state index contributed by atoms with van der Waals surface area (Å²) in [6.45, 7) is 0. The van der Waals surface area contributed by atoms with Crippen molar-refractivity contribution in [3.05, 3.63) is 12.2 Å². The van der Waals surface area contributed by atoms with Gasteiger partial charge in [-0.15, -0.1) is 0 Å². The lowest BCUT2D eigenvalue weighted by molar-refractivity contribution is -0.0879. The van der Waals surface area contributed by atoms with Gasteiger partial charge in [-0.25, -0.2) is 0 Å². The van der Waals surface area contributed by atoms with E-state index in [9.17, 15) is 0 Å². The minimum atomic E-state index is 0.743. The SMILES string of the molecule is C1=CC2(C1)C1CC3CC(C1)CC2C3. The molecule has 13 heavy (non-hydrogen) atoms. The summed E-state index contributed by atoms with van der Waals surface area (Å²) in [5, 5.41) is 0. The Bertz CT molecular complexity index is 246. The maximum atomic E-state index is 2.58. The topological polar surface area (TPSA) is 0 Å². The molecule has 5 rings (SSSR count). The van der Waals surface area contributed by atoms with Gasteiger partial charge < -0.3 is 0 Å². The highest BCUT2D eigenvalue weighted by atomic mass is 14.6. The Labute approximate surface area is 80.4 Å². The molecule has 0 aromatic heterocycles. The van der Waals surface area contributed by atoms with Crippen LogP contribution >= 0.6 is 0 Å². The van der Waals surface area contributed by atoms with Gasteiger partial charge in [0.2, 0.25) is 0 Å². The first-order chi connectivity index (χ1) is 6.37. The summed E-state index contributed by atoms with van der Waals surface area (Å²) in [4.78, 5) is 0. The van der Waals surface area contributed by atoms with Crippen LogP contribution in [0.15, 0.2) is 12.2 Å². The molecule has 5 aliphatic rings. The summed E-state index contributed by atoms with van der Waals surface area (Å²) in [7, 11) is 0. The number of hydrogen-bond donors (Lipinski definition) is 0. The van der Waals surface area contributed by atoms with Gasteiger partial charge in [0.1, 0.15) is 0 Å². The van der Waals surface area contributed by atoms with Crippen LogP contribution in [0.3, 0.4) is 0 Å². The van der Waals surface area contributed by atoms with Gasteiger partial charge in [-0.3, -0.25) is 0 Å². The zero-order valence-electron chi connectivity index (χ0n) is 8.21. The Morgan fingerprint density at radius 1 is 0.846 bits per heavy atom. The average molecular weight is 174 g/mol. The van der Waals surface area contributed by atoms with Gasteiger partial charge in [0.15, 0.2) is 0 Å². The van der Waals surface area contributed by atoms with Gasteiger partial charge >= 0.3 is 0 Å². The first-order valence-electron chi connectivity index (χ1n) is 6.04. The van der Waals surface area contributed by atoms with Crippen molar-refractivity contribution in [3.63, 3.8) is 0 Å². The summed E-state index contributed by atoms with van der Waals surface area (Å²) in [5.74, 6) is 4.49. The molecule has 4 bridgehead atoms. The fraction of sp³-hybridized carbons (Fsp3) is 0.846. The Morgan fingerprint density at radius 2 is 1.38 bits per heavy atom. The van der Waals surface area contributed by atoms with Crippen LogP contribution in [-0.2, 0) is 0 Å². The van der Waals surface area contributed by atoms with Crippen molar-refractivity contribution in [1.82, 2.24) is 0 Å². The van der Waals surface area contributed by atoms with Gasteiger partial charge in [-0.05, 0) is 67.6 Å². The third-order valence-electron chi connectivity index (χ3n) is 5.56. The monoisotopic (exact) mass is 174 g/mol. The smallest absolute Gasteiger partial charge is 0.00269 e. The molecule has 0 heteroatoms. The molecule has 4 fully saturated rings. The standard InChI is InChI=1S/C13H18/c1-2-13(3-1)11-5-9-4-10(7-11)8-12(13)6-9/h1-2,9-12H,3-8H2. The molecule has 0 N–H and O–H groups in total. The minimum absolute atomic E-state index is 0.743. The normalized spacial score (nSPS) is 61.5. The van der Waals surface area contributed by atoms with Crippen LogP contribution in [0.25, 0.3) is 0 Å². The van der Waals surface area contributed by atoms with Crippen LogP contribution < -0.4 is 0 Å². The summed E-state index contributed by atoms with van der Waals surface area (Å²) < 4.78 is 0. The summed E-state index contributed by atoms with van der Waals surface area (Å²) in [6, 6.07) is 0. The van der Waals surface area contributed by atoms with Gasteiger partial charge in [-0.1, -0.05) is 12.2 Å². The molecule has 0 heterocycles. The van der Waals surface area contributed by atoms with Crippen LogP contribution in [0, 0.1) is 29.1 Å². The van der Waals surface area contributed by atoms with E-state index in [0.29, 0.717) is 0 Å². The summed E-state index contributed by atoms with van der Waals surface area (Å²) in [6.07, 6.45) is 14.3. The van der Waals surface area contributed by atoms with Crippen LogP contribution in [0.4, 0.5) is 0 Å². The van der Waals surface area contributed by atoms with Crippen molar-refractivity contribution in [3.8, 4) is 0 Å². The first kappa shape index (κ1) is 7.09. The van der Waals surface area contributed by atoms with E-state index in [1.807, 2.05) is 0 Å². The number of allylic oxidation sites excluding steroid dienone is 2. The predicted octanol–water partition coefficient (Wildman–Crippen LogP) is 3.39. The zero-order chi connectivity index (χ0) is 8.47. The molecule has 0 nitrogen and oxygen atoms in total. The molecule has 0 aromatic carbocycles. The number of rotatable bonds is 0. The average Bonchev–Trinajstić information content (AvgIpc) is 1.98. The Balaban J connectivity index is 1.78. The van der Waals surface area contributed by atoms with Crippen molar-refractivity contribution in [2.45, 2.75) is 38.5 Å². The quantitative estimate of drug-likeness (QED) is 0.494. The molecule has 4 saturated carbocycles. The largest absolute Gasteiger partial charge is 0.0871 e. The fourth-order valence-corrected chi connectivity index (χ4v) is 5.06. The Morgan fingerprint density at radius 3 is 1.77 bits per heavy atom. The Kier molecular flexibility index (Phi) is 1.11. The van der Waals surface area contributed by atoms with E-state index in [2.05, 4.69) is 12.2 Å². The molecule has 0 aliphatic heterocycles. The highest BCUT2D eigenvalue weighted by molar-refractivity contribution is 5.22. The molecule has 0 radical (unpaired) electrons. The third-order valence-corrected chi connectivity index (χ3v) is 5.56. The first-order valence-corrected chi connectivity index (χ1v) is 6.04. The fourth-order valence-electron chi connectivity index (χ4n) is 5.06. The van der Waals surface area contributed by atoms with E-state index in [1.54, 1.807) is 32.1 Å². The van der Waals surface area contributed by atoms with Crippen molar-refractivity contribution >= 4 is 0 Å². The van der Waals surface area contributed by atoms with E-state index in [0.717, 1.165) is 29.1 Å². The maximum Gasteiger partial charge on any atom is -0.00269 e. The van der Waals surface area contributed by atoms with Crippen molar-refractivity contribution < 1.29 is 0 Å². The minimum Gasteiger partial charge on any atom is -0.0871 e. The van der Waals surface area contributed by atoms with E-state index in [4.69, 9.17) is 0 Å². The van der Waals surface area contributed by atoms with Crippen LogP contribution in [0.2, 0.25) is 0 Å². The summed E-state index contributed by atoms with van der Waals surface area (Å²) >= 11 is 0. The molecule has 0 atom stereocenters.